The van der Waals surface area contributed by atoms with Gasteiger partial charge in [-0.15, -0.1) is 0 Å². The molecule has 0 fully saturated rings. The van der Waals surface area contributed by atoms with Crippen LogP contribution in [0.3, 0.4) is 0 Å². The Morgan fingerprint density at radius 3 is 2.23 bits per heavy atom. The van der Waals surface area contributed by atoms with E-state index in [-0.39, 0.29) is 0 Å². The van der Waals surface area contributed by atoms with E-state index in [0.717, 1.165) is 10.7 Å². The third-order valence-corrected chi connectivity index (χ3v) is 3.96. The third-order valence-electron chi connectivity index (χ3n) is 1.80. The minimum absolute atomic E-state index is 0.752. The third kappa shape index (κ3) is 3.38. The van der Waals surface area contributed by atoms with Gasteiger partial charge in [0.05, 0.1) is 0 Å². The lowest BCUT2D eigenvalue weighted by Gasteiger charge is -2.22. The second kappa shape index (κ2) is 4.13. The summed E-state index contributed by atoms with van der Waals surface area (Å²) in [6, 6.07) is 7.64. The van der Waals surface area contributed by atoms with Crippen LogP contribution < -0.4 is 4.98 Å². The van der Waals surface area contributed by atoms with Gasteiger partial charge in [0, 0.05) is 17.8 Å². The van der Waals surface area contributed by atoms with E-state index in [1.165, 1.54) is 0 Å². The van der Waals surface area contributed by atoms with Gasteiger partial charge in [-0.25, -0.2) is 0 Å². The van der Waals surface area contributed by atoms with Gasteiger partial charge in [0.1, 0.15) is 0 Å². The zero-order valence-corrected chi connectivity index (χ0v) is 9.85. The number of nitrogens with one attached hydrogen (secondary N) is 1. The first-order valence-corrected chi connectivity index (χ1v) is 7.41. The second-order valence-electron chi connectivity index (χ2n) is 3.35. The first-order chi connectivity index (χ1) is 6.03. The van der Waals surface area contributed by atoms with Crippen molar-refractivity contribution in [3.63, 3.8) is 0 Å². The highest BCUT2D eigenvalue weighted by atomic mass is 35.5. The van der Waals surface area contributed by atoms with Crippen LogP contribution in [0.15, 0.2) is 24.3 Å². The molecule has 2 nitrogen and oxygen atoms in total. The summed E-state index contributed by atoms with van der Waals surface area (Å²) in [5.74, 6) is 0. The van der Waals surface area contributed by atoms with Crippen molar-refractivity contribution < 1.29 is 4.43 Å². The molecule has 0 saturated heterocycles. The largest absolute Gasteiger partial charge is 0.402 e. The van der Waals surface area contributed by atoms with Crippen LogP contribution in [0.4, 0.5) is 5.69 Å². The van der Waals surface area contributed by atoms with Gasteiger partial charge in [0.25, 0.3) is 8.48 Å². The van der Waals surface area contributed by atoms with Crippen LogP contribution in [0.25, 0.3) is 0 Å². The Labute approximate surface area is 85.1 Å². The Bertz CT molecular complexity index is 273. The first kappa shape index (κ1) is 10.6. The zero-order valence-electron chi connectivity index (χ0n) is 8.10. The molecule has 0 atom stereocenters. The molecule has 1 N–H and O–H groups in total. The van der Waals surface area contributed by atoms with E-state index in [9.17, 15) is 0 Å². The van der Waals surface area contributed by atoms with E-state index in [1.54, 1.807) is 7.11 Å². The smallest absolute Gasteiger partial charge is 0.291 e. The summed E-state index contributed by atoms with van der Waals surface area (Å²) in [4.78, 5) is 3.35. The Morgan fingerprint density at radius 2 is 1.77 bits per heavy atom. The van der Waals surface area contributed by atoms with Gasteiger partial charge in [0.2, 0.25) is 0 Å². The summed E-state index contributed by atoms with van der Waals surface area (Å²) >= 11 is 5.77. The lowest BCUT2D eigenvalue weighted by atomic mass is 10.3. The first-order valence-electron chi connectivity index (χ1n) is 4.12. The topological polar surface area (TPSA) is 21.3 Å². The van der Waals surface area contributed by atoms with Crippen LogP contribution in [0.2, 0.25) is 18.1 Å². The highest BCUT2D eigenvalue weighted by Crippen LogP contribution is 2.16. The zero-order chi connectivity index (χ0) is 9.90. The average Bonchev–Trinajstić information content (AvgIpc) is 2.09. The van der Waals surface area contributed by atoms with Crippen molar-refractivity contribution in [1.82, 2.24) is 0 Å². The van der Waals surface area contributed by atoms with Crippen molar-refractivity contribution in [1.29, 1.82) is 0 Å². The number of halogens is 1. The molecule has 0 amide bonds. The van der Waals surface area contributed by atoms with Crippen molar-refractivity contribution in [2.75, 3.05) is 12.1 Å². The molecule has 1 aromatic rings. The SMILES string of the molecule is CO[Si](C)(C)Nc1ccc(Cl)cc1. The average molecular weight is 216 g/mol. The number of benzene rings is 1. The highest BCUT2D eigenvalue weighted by Gasteiger charge is 2.20. The molecule has 0 spiro atoms. The summed E-state index contributed by atoms with van der Waals surface area (Å²) in [6.45, 7) is 4.20. The van der Waals surface area contributed by atoms with Crippen LogP contribution in [0.5, 0.6) is 0 Å². The molecule has 1 aromatic carbocycles. The molecule has 0 aliphatic heterocycles. The highest BCUT2D eigenvalue weighted by molar-refractivity contribution is 6.74. The monoisotopic (exact) mass is 215 g/mol. The Balaban J connectivity index is 2.69. The number of hydrogen-bond donors (Lipinski definition) is 1. The van der Waals surface area contributed by atoms with Gasteiger partial charge >= 0.3 is 0 Å². The Kier molecular flexibility index (Phi) is 3.36. The van der Waals surface area contributed by atoms with Crippen molar-refractivity contribution >= 4 is 25.8 Å². The standard InChI is InChI=1S/C9H14ClNOSi/c1-12-13(2,3)11-9-6-4-8(10)5-7-9/h4-7,11H,1-3H3. The van der Waals surface area contributed by atoms with Crippen LogP contribution in [-0.4, -0.2) is 15.6 Å². The molecule has 1 rings (SSSR count). The molecule has 0 radical (unpaired) electrons. The summed E-state index contributed by atoms with van der Waals surface area (Å²) in [7, 11) is 0.00272. The van der Waals surface area contributed by atoms with Gasteiger partial charge in [-0.3, -0.25) is 0 Å². The molecule has 4 heteroatoms. The molecule has 0 aromatic heterocycles. The van der Waals surface area contributed by atoms with Gasteiger partial charge in [0.15, 0.2) is 0 Å². The lowest BCUT2D eigenvalue weighted by Crippen LogP contribution is -2.39. The van der Waals surface area contributed by atoms with Crippen LogP contribution >= 0.6 is 11.6 Å². The molecule has 0 unspecified atom stereocenters. The molecule has 13 heavy (non-hydrogen) atoms. The summed E-state index contributed by atoms with van der Waals surface area (Å²) in [5.41, 5.74) is 1.06. The maximum Gasteiger partial charge on any atom is 0.291 e. The normalized spacial score (nSPS) is 11.4. The fourth-order valence-electron chi connectivity index (χ4n) is 0.932. The lowest BCUT2D eigenvalue weighted by molar-refractivity contribution is 0.410. The maximum atomic E-state index is 5.77. The van der Waals surface area contributed by atoms with Gasteiger partial charge in [-0.1, -0.05) is 11.6 Å². The fraction of sp³-hybridized carbons (Fsp3) is 0.333. The summed E-state index contributed by atoms with van der Waals surface area (Å²) in [5, 5.41) is 0.752. The van der Waals surface area contributed by atoms with Crippen molar-refractivity contribution in [2.24, 2.45) is 0 Å². The molecule has 0 heterocycles. The van der Waals surface area contributed by atoms with Gasteiger partial charge < -0.3 is 9.41 Å². The Morgan fingerprint density at radius 1 is 1.23 bits per heavy atom. The Hall–Kier alpha value is -0.513. The van der Waals surface area contributed by atoms with E-state index in [2.05, 4.69) is 18.1 Å². The molecule has 0 bridgehead atoms. The molecule has 0 aliphatic carbocycles. The second-order valence-corrected chi connectivity index (χ2v) is 7.46. The van der Waals surface area contributed by atoms with E-state index in [0.29, 0.717) is 0 Å². The summed E-state index contributed by atoms with van der Waals surface area (Å²) < 4.78 is 5.37. The number of hydrogen-bond acceptors (Lipinski definition) is 2. The van der Waals surface area contributed by atoms with E-state index >= 15 is 0 Å². The predicted octanol–water partition coefficient (Wildman–Crippen LogP) is 3.10. The van der Waals surface area contributed by atoms with E-state index in [4.69, 9.17) is 16.0 Å². The fourth-order valence-corrected chi connectivity index (χ4v) is 2.02. The molecule has 0 aliphatic rings. The van der Waals surface area contributed by atoms with Gasteiger partial charge in [-0.2, -0.15) is 0 Å². The molecular formula is C9H14ClNOSi. The van der Waals surface area contributed by atoms with Crippen LogP contribution in [0, 0.1) is 0 Å². The van der Waals surface area contributed by atoms with E-state index < -0.39 is 8.48 Å². The minimum Gasteiger partial charge on any atom is -0.402 e. The summed E-state index contributed by atoms with van der Waals surface area (Å²) in [6.07, 6.45) is 0. The minimum atomic E-state index is -1.73. The quantitative estimate of drug-likeness (QED) is 0.783. The predicted molar refractivity (Wildman–Crippen MR) is 59.6 cm³/mol. The molecule has 0 saturated carbocycles. The van der Waals surface area contributed by atoms with Gasteiger partial charge in [-0.05, 0) is 37.4 Å². The van der Waals surface area contributed by atoms with Crippen LogP contribution in [0.1, 0.15) is 0 Å². The maximum absolute atomic E-state index is 5.77. The van der Waals surface area contributed by atoms with Crippen LogP contribution in [-0.2, 0) is 4.43 Å². The molecular weight excluding hydrogens is 202 g/mol. The van der Waals surface area contributed by atoms with Crippen molar-refractivity contribution in [3.05, 3.63) is 29.3 Å². The number of anilines is 1. The van der Waals surface area contributed by atoms with Crippen molar-refractivity contribution in [3.8, 4) is 0 Å². The van der Waals surface area contributed by atoms with E-state index in [1.807, 2.05) is 24.3 Å². The van der Waals surface area contributed by atoms with Crippen molar-refractivity contribution in [2.45, 2.75) is 13.1 Å². The number of rotatable bonds is 3. The molecule has 72 valence electrons.